The van der Waals surface area contributed by atoms with Crippen molar-refractivity contribution in [1.29, 1.82) is 0 Å². The monoisotopic (exact) mass is 484 g/mol. The second kappa shape index (κ2) is 10.7. The largest absolute Gasteiger partial charge is 0.497 e. The number of hydrogen-bond acceptors (Lipinski definition) is 7. The first kappa shape index (κ1) is 22.4. The summed E-state index contributed by atoms with van der Waals surface area (Å²) in [7, 11) is 1.66. The van der Waals surface area contributed by atoms with E-state index in [0.717, 1.165) is 38.7 Å². The van der Waals surface area contributed by atoms with Crippen LogP contribution in [-0.2, 0) is 18.9 Å². The van der Waals surface area contributed by atoms with Gasteiger partial charge in [-0.05, 0) is 36.4 Å². The highest BCUT2D eigenvalue weighted by Gasteiger charge is 2.14. The van der Waals surface area contributed by atoms with E-state index in [1.807, 2.05) is 47.0 Å². The number of ether oxygens (including phenoxy) is 2. The third-order valence-electron chi connectivity index (χ3n) is 4.50. The summed E-state index contributed by atoms with van der Waals surface area (Å²) in [5.74, 6) is 2.97. The summed E-state index contributed by atoms with van der Waals surface area (Å²) in [6.45, 7) is 4.76. The van der Waals surface area contributed by atoms with E-state index in [1.165, 1.54) is 0 Å². The zero-order chi connectivity index (χ0) is 22.3. The molecule has 0 aliphatic carbocycles. The van der Waals surface area contributed by atoms with Gasteiger partial charge in [0.15, 0.2) is 11.0 Å². The van der Waals surface area contributed by atoms with Gasteiger partial charge in [-0.3, -0.25) is 4.57 Å². The number of nitrogens with zero attached hydrogens (tertiary/aromatic N) is 4. The molecule has 0 spiro atoms. The number of thiazole rings is 1. The van der Waals surface area contributed by atoms with E-state index < -0.39 is 0 Å². The average Bonchev–Trinajstić information content (AvgIpc) is 3.45. The zero-order valence-electron chi connectivity index (χ0n) is 17.4. The molecular weight excluding hydrogens is 464 g/mol. The van der Waals surface area contributed by atoms with Crippen LogP contribution in [0.4, 0.5) is 0 Å². The van der Waals surface area contributed by atoms with Crippen molar-refractivity contribution in [1.82, 2.24) is 19.7 Å². The number of allylic oxidation sites excluding steroid dienone is 1. The molecule has 0 fully saturated rings. The summed E-state index contributed by atoms with van der Waals surface area (Å²) in [5, 5.41) is 13.2. The highest BCUT2D eigenvalue weighted by molar-refractivity contribution is 7.98. The van der Waals surface area contributed by atoms with Crippen LogP contribution < -0.4 is 9.47 Å². The first-order valence-electron chi connectivity index (χ1n) is 9.79. The van der Waals surface area contributed by atoms with Crippen molar-refractivity contribution in [2.45, 2.75) is 24.1 Å². The van der Waals surface area contributed by atoms with E-state index in [2.05, 4.69) is 22.2 Å². The van der Waals surface area contributed by atoms with Crippen molar-refractivity contribution >= 4 is 34.7 Å². The normalized spacial score (nSPS) is 10.8. The van der Waals surface area contributed by atoms with Crippen molar-refractivity contribution in [3.63, 3.8) is 0 Å². The van der Waals surface area contributed by atoms with Gasteiger partial charge in [0, 0.05) is 28.3 Å². The molecule has 2 aromatic carbocycles. The molecule has 4 aromatic rings. The first-order chi connectivity index (χ1) is 15.7. The Morgan fingerprint density at radius 3 is 2.78 bits per heavy atom. The predicted octanol–water partition coefficient (Wildman–Crippen LogP) is 6.12. The average molecular weight is 485 g/mol. The molecule has 0 bridgehead atoms. The Morgan fingerprint density at radius 1 is 1.16 bits per heavy atom. The van der Waals surface area contributed by atoms with E-state index in [1.54, 1.807) is 42.3 Å². The SMILES string of the molecule is C=CCn1c(COc2ccc(Cl)cc2)nnc1SCc1csc(-c2cccc(OC)c2)n1. The molecule has 2 heterocycles. The van der Waals surface area contributed by atoms with E-state index in [9.17, 15) is 0 Å². The number of halogens is 1. The molecule has 32 heavy (non-hydrogen) atoms. The van der Waals surface area contributed by atoms with Crippen molar-refractivity contribution in [2.24, 2.45) is 0 Å². The molecule has 9 heteroatoms. The maximum Gasteiger partial charge on any atom is 0.191 e. The summed E-state index contributed by atoms with van der Waals surface area (Å²) < 4.78 is 13.1. The fraction of sp³-hybridized carbons (Fsp3) is 0.174. The van der Waals surface area contributed by atoms with Gasteiger partial charge in [-0.15, -0.1) is 28.1 Å². The highest BCUT2D eigenvalue weighted by atomic mass is 35.5. The maximum absolute atomic E-state index is 5.93. The molecule has 0 aliphatic rings. The van der Waals surface area contributed by atoms with Gasteiger partial charge >= 0.3 is 0 Å². The number of aromatic nitrogens is 4. The van der Waals surface area contributed by atoms with Crippen LogP contribution in [0, 0.1) is 0 Å². The lowest BCUT2D eigenvalue weighted by Crippen LogP contribution is -2.07. The van der Waals surface area contributed by atoms with E-state index in [4.69, 9.17) is 26.1 Å². The fourth-order valence-corrected chi connectivity index (χ4v) is 4.83. The molecule has 6 nitrogen and oxygen atoms in total. The van der Waals surface area contributed by atoms with Gasteiger partial charge in [0.05, 0.1) is 12.8 Å². The fourth-order valence-electron chi connectivity index (χ4n) is 2.92. The molecule has 0 unspecified atom stereocenters. The molecule has 0 N–H and O–H groups in total. The summed E-state index contributed by atoms with van der Waals surface area (Å²) in [6, 6.07) is 15.2. The van der Waals surface area contributed by atoms with Gasteiger partial charge in [0.25, 0.3) is 0 Å². The van der Waals surface area contributed by atoms with Gasteiger partial charge in [-0.25, -0.2) is 4.98 Å². The van der Waals surface area contributed by atoms with Crippen molar-refractivity contribution in [2.75, 3.05) is 7.11 Å². The number of thioether (sulfide) groups is 1. The highest BCUT2D eigenvalue weighted by Crippen LogP contribution is 2.29. The van der Waals surface area contributed by atoms with Crippen LogP contribution in [-0.4, -0.2) is 26.9 Å². The molecule has 4 rings (SSSR count). The van der Waals surface area contributed by atoms with Gasteiger partial charge in [0.2, 0.25) is 0 Å². The number of methoxy groups -OCH3 is 1. The summed E-state index contributed by atoms with van der Waals surface area (Å²) in [6.07, 6.45) is 1.82. The van der Waals surface area contributed by atoms with Gasteiger partial charge < -0.3 is 9.47 Å². The smallest absolute Gasteiger partial charge is 0.191 e. The lowest BCUT2D eigenvalue weighted by Gasteiger charge is -2.09. The Hall–Kier alpha value is -2.81. The van der Waals surface area contributed by atoms with Crippen molar-refractivity contribution < 1.29 is 9.47 Å². The Balaban J connectivity index is 1.42. The van der Waals surface area contributed by atoms with Gasteiger partial charge in [0.1, 0.15) is 23.1 Å². The predicted molar refractivity (Wildman–Crippen MR) is 130 cm³/mol. The quantitative estimate of drug-likeness (QED) is 0.199. The minimum absolute atomic E-state index is 0.305. The topological polar surface area (TPSA) is 62.1 Å². The Bertz CT molecular complexity index is 1190. The summed E-state index contributed by atoms with van der Waals surface area (Å²) in [5.41, 5.74) is 2.03. The standard InChI is InChI=1S/C23H21ClN4O2S2/c1-3-11-28-21(13-30-19-9-7-17(24)8-10-19)26-27-23(28)32-15-18-14-31-22(25-18)16-5-4-6-20(12-16)29-2/h3-10,12,14H,1,11,13,15H2,2H3. The van der Waals surface area contributed by atoms with Crippen LogP contribution in [0.3, 0.4) is 0 Å². The number of rotatable bonds is 10. The zero-order valence-corrected chi connectivity index (χ0v) is 19.8. The molecule has 0 saturated heterocycles. The number of benzene rings is 2. The summed E-state index contributed by atoms with van der Waals surface area (Å²) in [4.78, 5) is 4.77. The molecule has 164 valence electrons. The third-order valence-corrected chi connectivity index (χ3v) is 6.70. The lowest BCUT2D eigenvalue weighted by atomic mass is 10.2. The first-order valence-corrected chi connectivity index (χ1v) is 12.0. The second-order valence-corrected chi connectivity index (χ2v) is 8.94. The Kier molecular flexibility index (Phi) is 7.47. The number of hydrogen-bond donors (Lipinski definition) is 0. The Labute approximate surface area is 199 Å². The van der Waals surface area contributed by atoms with E-state index in [0.29, 0.717) is 23.9 Å². The van der Waals surface area contributed by atoms with Crippen molar-refractivity contribution in [3.8, 4) is 22.1 Å². The van der Waals surface area contributed by atoms with E-state index >= 15 is 0 Å². The minimum atomic E-state index is 0.305. The minimum Gasteiger partial charge on any atom is -0.497 e. The van der Waals surface area contributed by atoms with Crippen LogP contribution in [0.15, 0.2) is 71.7 Å². The molecule has 0 atom stereocenters. The van der Waals surface area contributed by atoms with Crippen LogP contribution >= 0.6 is 34.7 Å². The molecule has 0 aliphatic heterocycles. The van der Waals surface area contributed by atoms with E-state index in [-0.39, 0.29) is 0 Å². The third kappa shape index (κ3) is 5.51. The van der Waals surface area contributed by atoms with Crippen LogP contribution in [0.5, 0.6) is 11.5 Å². The maximum atomic E-state index is 5.93. The molecular formula is C23H21ClN4O2S2. The molecule has 0 saturated carbocycles. The second-order valence-electron chi connectivity index (χ2n) is 6.71. The Morgan fingerprint density at radius 2 is 2.00 bits per heavy atom. The van der Waals surface area contributed by atoms with Crippen molar-refractivity contribution in [3.05, 3.63) is 83.1 Å². The summed E-state index contributed by atoms with van der Waals surface area (Å²) >= 11 is 9.13. The van der Waals surface area contributed by atoms with Crippen LogP contribution in [0.1, 0.15) is 11.5 Å². The van der Waals surface area contributed by atoms with Gasteiger partial charge in [-0.2, -0.15) is 0 Å². The molecule has 2 aromatic heterocycles. The lowest BCUT2D eigenvalue weighted by molar-refractivity contribution is 0.289. The molecule has 0 amide bonds. The molecule has 0 radical (unpaired) electrons. The van der Waals surface area contributed by atoms with Crippen LogP contribution in [0.25, 0.3) is 10.6 Å². The van der Waals surface area contributed by atoms with Crippen LogP contribution in [0.2, 0.25) is 5.02 Å². The van der Waals surface area contributed by atoms with Gasteiger partial charge in [-0.1, -0.05) is 41.6 Å².